The Balaban J connectivity index is 1.78. The van der Waals surface area contributed by atoms with E-state index in [0.29, 0.717) is 6.61 Å². The van der Waals surface area contributed by atoms with E-state index in [1.807, 2.05) is 36.5 Å². The molecule has 0 amide bonds. The summed E-state index contributed by atoms with van der Waals surface area (Å²) < 4.78 is 5.87. The van der Waals surface area contributed by atoms with Crippen molar-refractivity contribution in [3.8, 4) is 11.4 Å². The average Bonchev–Trinajstić information content (AvgIpc) is 2.78. The van der Waals surface area contributed by atoms with Gasteiger partial charge in [-0.15, -0.1) is 0 Å². The van der Waals surface area contributed by atoms with Gasteiger partial charge in [0.25, 0.3) is 0 Å². The quantitative estimate of drug-likeness (QED) is 0.818. The van der Waals surface area contributed by atoms with Crippen molar-refractivity contribution in [3.63, 3.8) is 0 Å². The molecule has 0 unspecified atom stereocenters. The molecule has 4 rings (SSSR count). The fourth-order valence-corrected chi connectivity index (χ4v) is 2.56. The van der Waals surface area contributed by atoms with E-state index in [9.17, 15) is 0 Å². The van der Waals surface area contributed by atoms with Crippen molar-refractivity contribution in [2.75, 3.05) is 13.1 Å². The van der Waals surface area contributed by atoms with Crippen molar-refractivity contribution in [1.82, 2.24) is 15.3 Å². The van der Waals surface area contributed by atoms with Crippen molar-refractivity contribution >= 4 is 0 Å². The first-order chi connectivity index (χ1) is 8.87. The lowest BCUT2D eigenvalue weighted by Crippen LogP contribution is -2.56. The first-order valence-corrected chi connectivity index (χ1v) is 6.14. The summed E-state index contributed by atoms with van der Waals surface area (Å²) >= 11 is 0. The molecule has 1 saturated heterocycles. The highest BCUT2D eigenvalue weighted by Crippen LogP contribution is 2.38. The van der Waals surface area contributed by atoms with Crippen LogP contribution in [-0.4, -0.2) is 23.1 Å². The lowest BCUT2D eigenvalue weighted by atomic mass is 9.90. The summed E-state index contributed by atoms with van der Waals surface area (Å²) in [5, 5.41) is 3.25. The zero-order valence-corrected chi connectivity index (χ0v) is 9.89. The van der Waals surface area contributed by atoms with Gasteiger partial charge in [0.2, 0.25) is 0 Å². The molecule has 2 aliphatic heterocycles. The lowest BCUT2D eigenvalue weighted by molar-refractivity contribution is -0.0750. The molecule has 3 heterocycles. The number of nitrogens with zero attached hydrogens (tertiary/aromatic N) is 2. The summed E-state index contributed by atoms with van der Waals surface area (Å²) in [6.45, 7) is 2.33. The van der Waals surface area contributed by atoms with Crippen LogP contribution in [0.1, 0.15) is 11.3 Å². The molecule has 0 aliphatic carbocycles. The normalized spacial score (nSPS) is 19.6. The molecule has 1 N–H and O–H groups in total. The molecule has 4 nitrogen and oxygen atoms in total. The molecule has 1 aromatic carbocycles. The van der Waals surface area contributed by atoms with Crippen molar-refractivity contribution in [2.45, 2.75) is 12.2 Å². The Labute approximate surface area is 105 Å². The molecule has 2 aliphatic rings. The Morgan fingerprint density at radius 3 is 2.72 bits per heavy atom. The van der Waals surface area contributed by atoms with Crippen molar-refractivity contribution in [2.24, 2.45) is 0 Å². The van der Waals surface area contributed by atoms with Crippen LogP contribution in [0.15, 0.2) is 36.5 Å². The smallest absolute Gasteiger partial charge is 0.159 e. The van der Waals surface area contributed by atoms with E-state index >= 15 is 0 Å². The monoisotopic (exact) mass is 239 g/mol. The largest absolute Gasteiger partial charge is 0.361 e. The highest BCUT2D eigenvalue weighted by Gasteiger charge is 2.46. The molecule has 1 fully saturated rings. The maximum atomic E-state index is 5.87. The molecule has 0 saturated carbocycles. The molecule has 0 bridgehead atoms. The molecule has 2 aromatic rings. The van der Waals surface area contributed by atoms with Gasteiger partial charge in [0.1, 0.15) is 5.60 Å². The van der Waals surface area contributed by atoms with Gasteiger partial charge >= 0.3 is 0 Å². The van der Waals surface area contributed by atoms with Crippen LogP contribution in [-0.2, 0) is 16.9 Å². The molecule has 1 aromatic heterocycles. The minimum absolute atomic E-state index is 0.148. The van der Waals surface area contributed by atoms with Gasteiger partial charge in [-0.3, -0.25) is 0 Å². The Morgan fingerprint density at radius 1 is 1.17 bits per heavy atom. The average molecular weight is 239 g/mol. The molecule has 18 heavy (non-hydrogen) atoms. The van der Waals surface area contributed by atoms with Gasteiger partial charge < -0.3 is 10.1 Å². The van der Waals surface area contributed by atoms with Crippen LogP contribution >= 0.6 is 0 Å². The maximum absolute atomic E-state index is 5.87. The van der Waals surface area contributed by atoms with E-state index in [0.717, 1.165) is 35.7 Å². The summed E-state index contributed by atoms with van der Waals surface area (Å²) in [4.78, 5) is 9.12. The third-order valence-electron chi connectivity index (χ3n) is 3.70. The van der Waals surface area contributed by atoms with E-state index in [-0.39, 0.29) is 5.60 Å². The first-order valence-electron chi connectivity index (χ1n) is 6.14. The molecule has 0 atom stereocenters. The Morgan fingerprint density at radius 2 is 2.00 bits per heavy atom. The second-order valence-electron chi connectivity index (χ2n) is 4.81. The number of fused-ring (bicyclic) bond motifs is 2. The van der Waals surface area contributed by atoms with Gasteiger partial charge in [0.05, 0.1) is 12.3 Å². The van der Waals surface area contributed by atoms with Gasteiger partial charge in [0.15, 0.2) is 5.82 Å². The molecular formula is C14H13N3O. The predicted octanol–water partition coefficient (Wildman–Crippen LogP) is 1.47. The summed E-state index contributed by atoms with van der Waals surface area (Å²) in [6.07, 6.45) is 1.93. The van der Waals surface area contributed by atoms with Crippen molar-refractivity contribution < 1.29 is 4.74 Å². The Hall–Kier alpha value is -1.78. The molecule has 1 spiro atoms. The molecular weight excluding hydrogens is 226 g/mol. The zero-order chi connectivity index (χ0) is 12.0. The Bertz CT molecular complexity index is 593. The van der Waals surface area contributed by atoms with Crippen molar-refractivity contribution in [1.29, 1.82) is 0 Å². The Kier molecular flexibility index (Phi) is 2.04. The second kappa shape index (κ2) is 3.60. The van der Waals surface area contributed by atoms with Crippen LogP contribution in [0, 0.1) is 0 Å². The van der Waals surface area contributed by atoms with E-state index in [2.05, 4.69) is 15.3 Å². The molecule has 4 heteroatoms. The van der Waals surface area contributed by atoms with E-state index in [1.165, 1.54) is 0 Å². The SMILES string of the molecule is c1ccc(-c2ncc3c(n2)COC32CNC2)cc1. The summed E-state index contributed by atoms with van der Waals surface area (Å²) in [7, 11) is 0. The van der Waals surface area contributed by atoms with E-state index < -0.39 is 0 Å². The van der Waals surface area contributed by atoms with Crippen LogP contribution in [0.25, 0.3) is 11.4 Å². The third kappa shape index (κ3) is 1.33. The minimum atomic E-state index is -0.148. The number of hydrogen-bond acceptors (Lipinski definition) is 4. The van der Waals surface area contributed by atoms with Gasteiger partial charge in [-0.05, 0) is 0 Å². The second-order valence-corrected chi connectivity index (χ2v) is 4.81. The van der Waals surface area contributed by atoms with Crippen LogP contribution in [0.5, 0.6) is 0 Å². The number of aromatic nitrogens is 2. The number of rotatable bonds is 1. The highest BCUT2D eigenvalue weighted by atomic mass is 16.5. The number of hydrogen-bond donors (Lipinski definition) is 1. The minimum Gasteiger partial charge on any atom is -0.361 e. The molecule has 0 radical (unpaired) electrons. The van der Waals surface area contributed by atoms with Gasteiger partial charge in [-0.1, -0.05) is 30.3 Å². The highest BCUT2D eigenvalue weighted by molar-refractivity contribution is 5.55. The first kappa shape index (κ1) is 10.2. The summed E-state index contributed by atoms with van der Waals surface area (Å²) in [5.74, 6) is 0.780. The summed E-state index contributed by atoms with van der Waals surface area (Å²) in [6, 6.07) is 10.0. The number of nitrogens with one attached hydrogen (secondary N) is 1. The number of benzene rings is 1. The van der Waals surface area contributed by atoms with Crippen LogP contribution in [0.3, 0.4) is 0 Å². The standard InChI is InChI=1S/C14H13N3O/c1-2-4-10(5-3-1)13-16-6-11-12(17-13)7-18-14(11)8-15-9-14/h1-6,15H,7-9H2. The summed E-state index contributed by atoms with van der Waals surface area (Å²) in [5.41, 5.74) is 3.09. The molecule has 90 valence electrons. The van der Waals surface area contributed by atoms with Gasteiger partial charge in [-0.2, -0.15) is 0 Å². The van der Waals surface area contributed by atoms with Crippen LogP contribution in [0.2, 0.25) is 0 Å². The topological polar surface area (TPSA) is 47.0 Å². The van der Waals surface area contributed by atoms with Crippen LogP contribution in [0.4, 0.5) is 0 Å². The zero-order valence-electron chi connectivity index (χ0n) is 9.89. The van der Waals surface area contributed by atoms with E-state index in [1.54, 1.807) is 0 Å². The third-order valence-corrected chi connectivity index (χ3v) is 3.70. The number of ether oxygens (including phenoxy) is 1. The fraction of sp³-hybridized carbons (Fsp3) is 0.286. The van der Waals surface area contributed by atoms with Gasteiger partial charge in [-0.25, -0.2) is 9.97 Å². The van der Waals surface area contributed by atoms with Crippen LogP contribution < -0.4 is 5.32 Å². The maximum Gasteiger partial charge on any atom is 0.159 e. The van der Waals surface area contributed by atoms with Crippen molar-refractivity contribution in [3.05, 3.63) is 47.8 Å². The fourth-order valence-electron chi connectivity index (χ4n) is 2.56. The van der Waals surface area contributed by atoms with E-state index in [4.69, 9.17) is 4.74 Å². The lowest BCUT2D eigenvalue weighted by Gasteiger charge is -2.38. The van der Waals surface area contributed by atoms with Gasteiger partial charge in [0, 0.05) is 30.4 Å². The predicted molar refractivity (Wildman–Crippen MR) is 66.8 cm³/mol.